The fraction of sp³-hybridized carbons (Fsp3) is 0.381. The van der Waals surface area contributed by atoms with Gasteiger partial charge in [-0.25, -0.2) is 4.68 Å². The first-order chi connectivity index (χ1) is 13.8. The lowest BCUT2D eigenvalue weighted by Crippen LogP contribution is -2.37. The number of aliphatic hydroxyl groups excluding tert-OH is 1. The summed E-state index contributed by atoms with van der Waals surface area (Å²) in [6.07, 6.45) is 1.51. The van der Waals surface area contributed by atoms with Gasteiger partial charge in [-0.3, -0.25) is 9.59 Å². The molecule has 1 aromatic carbocycles. The number of amides is 2. The van der Waals surface area contributed by atoms with E-state index in [2.05, 4.69) is 16.9 Å². The number of likely N-dealkylation sites (N-methyl/N-ethyl adjacent to an activating group) is 1. The molecule has 2 heterocycles. The molecule has 150 valence electrons. The number of carbonyl (C=O) groups excluding carboxylic acids is 2. The minimum atomic E-state index is -1.67. The fourth-order valence-electron chi connectivity index (χ4n) is 3.92. The van der Waals surface area contributed by atoms with Crippen LogP contribution in [0.2, 0.25) is 0 Å². The molecular formula is C21H22N4O4. The van der Waals surface area contributed by atoms with Gasteiger partial charge >= 0.3 is 0 Å². The first kappa shape index (κ1) is 19.2. The number of hydrogen-bond acceptors (Lipinski definition) is 5. The van der Waals surface area contributed by atoms with Crippen molar-refractivity contribution in [3.63, 3.8) is 0 Å². The van der Waals surface area contributed by atoms with Crippen molar-refractivity contribution in [2.45, 2.75) is 37.4 Å². The van der Waals surface area contributed by atoms with Crippen molar-refractivity contribution in [3.8, 4) is 17.5 Å². The van der Waals surface area contributed by atoms with Crippen molar-refractivity contribution in [1.82, 2.24) is 14.7 Å². The maximum absolute atomic E-state index is 12.1. The molecular weight excluding hydrogens is 372 g/mol. The van der Waals surface area contributed by atoms with Crippen LogP contribution < -0.4 is 5.73 Å². The molecule has 2 aliphatic rings. The lowest BCUT2D eigenvalue weighted by atomic mass is 9.92. The summed E-state index contributed by atoms with van der Waals surface area (Å²) in [4.78, 5) is 25.4. The van der Waals surface area contributed by atoms with Crippen molar-refractivity contribution >= 4 is 11.8 Å². The van der Waals surface area contributed by atoms with E-state index in [1.807, 2.05) is 6.07 Å². The second-order valence-electron chi connectivity index (χ2n) is 7.53. The highest BCUT2D eigenvalue weighted by Gasteiger charge is 2.42. The third-order valence-electron chi connectivity index (χ3n) is 5.49. The summed E-state index contributed by atoms with van der Waals surface area (Å²) in [5.74, 6) is 4.50. The molecule has 29 heavy (non-hydrogen) atoms. The zero-order valence-corrected chi connectivity index (χ0v) is 16.1. The van der Waals surface area contributed by atoms with Crippen molar-refractivity contribution in [2.75, 3.05) is 13.6 Å². The lowest BCUT2D eigenvalue weighted by Gasteiger charge is -2.19. The summed E-state index contributed by atoms with van der Waals surface area (Å²) in [5, 5.41) is 25.2. The van der Waals surface area contributed by atoms with Gasteiger partial charge in [0.1, 0.15) is 0 Å². The molecule has 4 rings (SSSR count). The largest absolute Gasteiger partial charge is 0.388 e. The fourth-order valence-corrected chi connectivity index (χ4v) is 3.92. The van der Waals surface area contributed by atoms with Crippen LogP contribution >= 0.6 is 0 Å². The van der Waals surface area contributed by atoms with E-state index in [9.17, 15) is 19.8 Å². The van der Waals surface area contributed by atoms with Gasteiger partial charge in [0.15, 0.2) is 5.69 Å². The molecule has 1 fully saturated rings. The Morgan fingerprint density at radius 3 is 2.90 bits per heavy atom. The molecule has 1 aliphatic carbocycles. The van der Waals surface area contributed by atoms with Crippen LogP contribution in [-0.2, 0) is 11.2 Å². The number of hydrogen-bond donors (Lipinski definition) is 3. The second-order valence-corrected chi connectivity index (χ2v) is 7.53. The van der Waals surface area contributed by atoms with Gasteiger partial charge in [0.05, 0.1) is 17.5 Å². The molecule has 8 heteroatoms. The molecule has 2 amide bonds. The van der Waals surface area contributed by atoms with Crippen LogP contribution in [0.15, 0.2) is 24.3 Å². The van der Waals surface area contributed by atoms with Gasteiger partial charge in [0.25, 0.3) is 11.8 Å². The number of nitrogens with two attached hydrogens (primary N) is 1. The Morgan fingerprint density at radius 1 is 1.41 bits per heavy atom. The summed E-state index contributed by atoms with van der Waals surface area (Å²) < 4.78 is 1.62. The van der Waals surface area contributed by atoms with Crippen molar-refractivity contribution < 1.29 is 19.8 Å². The van der Waals surface area contributed by atoms with Crippen LogP contribution in [0.1, 0.15) is 52.7 Å². The molecule has 1 aliphatic heterocycles. The molecule has 1 aromatic heterocycles. The highest BCUT2D eigenvalue weighted by molar-refractivity contribution is 5.93. The normalized spacial score (nSPS) is 23.5. The average molecular weight is 394 g/mol. The van der Waals surface area contributed by atoms with E-state index in [0.29, 0.717) is 36.2 Å². The van der Waals surface area contributed by atoms with E-state index in [1.165, 1.54) is 4.90 Å². The summed E-state index contributed by atoms with van der Waals surface area (Å²) in [5.41, 5.74) is 6.39. The standard InChI is InChI=1S/C21H22N4O4/c1-24-11-10-21(29,20(24)28)9-8-13-4-2-5-14(12-13)25-15-6-3-7-16(26)17(15)18(23-25)19(22)27/h2,4-5,12,16,26,29H,3,6-7,10-11H2,1H3,(H2,22,27). The molecule has 2 unspecified atom stereocenters. The summed E-state index contributed by atoms with van der Waals surface area (Å²) in [6, 6.07) is 7.12. The van der Waals surface area contributed by atoms with Crippen LogP contribution in [0.4, 0.5) is 0 Å². The Hall–Kier alpha value is -3.15. The predicted octanol–water partition coefficient (Wildman–Crippen LogP) is 0.286. The SMILES string of the molecule is CN1CCC(O)(C#Cc2cccc(-n3nc(C(N)=O)c4c3CCCC4O)c2)C1=O. The summed E-state index contributed by atoms with van der Waals surface area (Å²) >= 11 is 0. The van der Waals surface area contributed by atoms with Crippen LogP contribution in [0.3, 0.4) is 0 Å². The van der Waals surface area contributed by atoms with Gasteiger partial charge in [-0.1, -0.05) is 17.9 Å². The van der Waals surface area contributed by atoms with E-state index in [4.69, 9.17) is 5.73 Å². The maximum Gasteiger partial charge on any atom is 0.269 e. The number of primary amides is 1. The van der Waals surface area contributed by atoms with Crippen LogP contribution in [0.5, 0.6) is 0 Å². The summed E-state index contributed by atoms with van der Waals surface area (Å²) in [6.45, 7) is 0.460. The molecule has 2 atom stereocenters. The Labute approximate surface area is 167 Å². The van der Waals surface area contributed by atoms with E-state index in [1.54, 1.807) is 29.9 Å². The van der Waals surface area contributed by atoms with Crippen molar-refractivity contribution in [3.05, 3.63) is 46.8 Å². The molecule has 8 nitrogen and oxygen atoms in total. The molecule has 4 N–H and O–H groups in total. The smallest absolute Gasteiger partial charge is 0.269 e. The molecule has 0 spiro atoms. The van der Waals surface area contributed by atoms with E-state index >= 15 is 0 Å². The second kappa shape index (κ2) is 7.03. The first-order valence-corrected chi connectivity index (χ1v) is 9.51. The van der Waals surface area contributed by atoms with Gasteiger partial charge in [0, 0.05) is 31.1 Å². The van der Waals surface area contributed by atoms with E-state index in [0.717, 1.165) is 12.1 Å². The zero-order valence-electron chi connectivity index (χ0n) is 16.1. The molecule has 0 saturated carbocycles. The molecule has 0 bridgehead atoms. The van der Waals surface area contributed by atoms with E-state index in [-0.39, 0.29) is 12.1 Å². The zero-order chi connectivity index (χ0) is 20.8. The number of nitrogens with zero attached hydrogens (tertiary/aromatic N) is 3. The minimum Gasteiger partial charge on any atom is -0.388 e. The van der Waals surface area contributed by atoms with Gasteiger partial charge in [-0.05, 0) is 37.5 Å². The number of rotatable bonds is 2. The van der Waals surface area contributed by atoms with Gasteiger partial charge < -0.3 is 20.8 Å². The van der Waals surface area contributed by atoms with Crippen LogP contribution in [0, 0.1) is 11.8 Å². The average Bonchev–Trinajstić information content (AvgIpc) is 3.22. The van der Waals surface area contributed by atoms with E-state index < -0.39 is 23.5 Å². The number of benzene rings is 1. The van der Waals surface area contributed by atoms with Crippen LogP contribution in [-0.4, -0.2) is 55.9 Å². The first-order valence-electron chi connectivity index (χ1n) is 9.51. The number of aliphatic hydroxyl groups is 2. The van der Waals surface area contributed by atoms with Gasteiger partial charge in [-0.2, -0.15) is 5.10 Å². The van der Waals surface area contributed by atoms with Gasteiger partial charge in [0.2, 0.25) is 5.60 Å². The third-order valence-corrected chi connectivity index (χ3v) is 5.49. The molecule has 2 aromatic rings. The number of likely N-dealkylation sites (tertiary alicyclic amines) is 1. The summed E-state index contributed by atoms with van der Waals surface area (Å²) in [7, 11) is 1.63. The Bertz CT molecular complexity index is 1060. The van der Waals surface area contributed by atoms with Crippen LogP contribution in [0.25, 0.3) is 5.69 Å². The predicted molar refractivity (Wildman–Crippen MR) is 104 cm³/mol. The molecule has 0 radical (unpaired) electrons. The van der Waals surface area contributed by atoms with Crippen molar-refractivity contribution in [1.29, 1.82) is 0 Å². The highest BCUT2D eigenvalue weighted by Crippen LogP contribution is 2.33. The maximum atomic E-state index is 12.1. The number of carbonyl (C=O) groups is 2. The molecule has 1 saturated heterocycles. The monoisotopic (exact) mass is 394 g/mol. The van der Waals surface area contributed by atoms with Crippen molar-refractivity contribution in [2.24, 2.45) is 5.73 Å². The number of aromatic nitrogens is 2. The quantitative estimate of drug-likeness (QED) is 0.632. The third kappa shape index (κ3) is 3.28. The Kier molecular flexibility index (Phi) is 4.65. The Balaban J connectivity index is 1.73. The lowest BCUT2D eigenvalue weighted by molar-refractivity contribution is -0.137. The Morgan fingerprint density at radius 2 is 2.21 bits per heavy atom. The minimum absolute atomic E-state index is 0.0811. The highest BCUT2D eigenvalue weighted by atomic mass is 16.3. The topological polar surface area (TPSA) is 122 Å². The number of fused-ring (bicyclic) bond motifs is 1. The van der Waals surface area contributed by atoms with Gasteiger partial charge in [-0.15, -0.1) is 0 Å².